The first-order valence-electron chi connectivity index (χ1n) is 9.60. The zero-order valence-corrected chi connectivity index (χ0v) is 15.9. The molecule has 2 N–H and O–H groups in total. The van der Waals surface area contributed by atoms with Gasteiger partial charge in [-0.05, 0) is 44.4 Å². The Morgan fingerprint density at radius 1 is 1.15 bits per heavy atom. The van der Waals surface area contributed by atoms with E-state index in [-0.39, 0.29) is 18.5 Å². The van der Waals surface area contributed by atoms with Gasteiger partial charge in [-0.15, -0.1) is 4.28 Å². The van der Waals surface area contributed by atoms with Gasteiger partial charge in [0.1, 0.15) is 6.04 Å². The average Bonchev–Trinajstić information content (AvgIpc) is 3.40. The van der Waals surface area contributed by atoms with Crippen LogP contribution in [0.15, 0.2) is 0 Å². The van der Waals surface area contributed by atoms with Gasteiger partial charge in [0.05, 0.1) is 6.04 Å². The highest BCUT2D eigenvalue weighted by Crippen LogP contribution is 2.32. The molecule has 1 saturated carbocycles. The van der Waals surface area contributed by atoms with Crippen LogP contribution in [0.5, 0.6) is 0 Å². The summed E-state index contributed by atoms with van der Waals surface area (Å²) >= 11 is 0. The van der Waals surface area contributed by atoms with Crippen LogP contribution in [0.2, 0.25) is 0 Å². The van der Waals surface area contributed by atoms with E-state index < -0.39 is 28.5 Å². The molecule has 4 fully saturated rings. The number of urea groups is 1. The number of fused-ring (bicyclic) bond motifs is 2. The summed E-state index contributed by atoms with van der Waals surface area (Å²) in [5, 5.41) is 3.72. The number of hydroxylamine groups is 2. The highest BCUT2D eigenvalue weighted by atomic mass is 32.3. The molecule has 0 radical (unpaired) electrons. The molecule has 10 nitrogen and oxygen atoms in total. The van der Waals surface area contributed by atoms with Gasteiger partial charge in [0.25, 0.3) is 0 Å². The van der Waals surface area contributed by atoms with Crippen LogP contribution < -0.4 is 5.32 Å². The van der Waals surface area contributed by atoms with Crippen molar-refractivity contribution in [1.82, 2.24) is 20.2 Å². The molecule has 0 unspecified atom stereocenters. The Morgan fingerprint density at radius 2 is 1.85 bits per heavy atom. The van der Waals surface area contributed by atoms with Crippen molar-refractivity contribution in [2.45, 2.75) is 56.7 Å². The third-order valence-electron chi connectivity index (χ3n) is 5.95. The maximum atomic E-state index is 12.7. The van der Waals surface area contributed by atoms with Crippen LogP contribution in [-0.2, 0) is 19.5 Å². The molecule has 3 aliphatic heterocycles. The summed E-state index contributed by atoms with van der Waals surface area (Å²) in [5.41, 5.74) is 0. The summed E-state index contributed by atoms with van der Waals surface area (Å²) in [5.74, 6) is 0.663. The van der Waals surface area contributed by atoms with Gasteiger partial charge in [-0.25, -0.2) is 4.79 Å². The zero-order valence-electron chi connectivity index (χ0n) is 15.1. The fraction of sp³-hybridized carbons (Fsp3) is 0.875. The number of hydrogen-bond donors (Lipinski definition) is 2. The van der Waals surface area contributed by atoms with Crippen LogP contribution in [0.3, 0.4) is 0 Å². The minimum Gasteiger partial charge on any atom is -0.351 e. The zero-order chi connectivity index (χ0) is 19.2. The standard InChI is InChI=1S/C16H26N4O6S/c21-15(17-12-5-7-18(8-6-12)9-11-1-2-11)14-4-3-13-10-19(14)16(22)20(13)26-27(23,24)25/h11-14H,1-10H2,(H,17,21)(H,23,24,25)/t13-,14+/m1/s1. The van der Waals surface area contributed by atoms with Crippen molar-refractivity contribution in [2.24, 2.45) is 5.92 Å². The van der Waals surface area contributed by atoms with Gasteiger partial charge in [-0.1, -0.05) is 0 Å². The lowest BCUT2D eigenvalue weighted by atomic mass is 9.98. The summed E-state index contributed by atoms with van der Waals surface area (Å²) in [6, 6.07) is -1.70. The van der Waals surface area contributed by atoms with Gasteiger partial charge in [0.2, 0.25) is 5.91 Å². The number of nitrogens with zero attached hydrogens (tertiary/aromatic N) is 3. The van der Waals surface area contributed by atoms with Crippen molar-refractivity contribution in [3.63, 3.8) is 0 Å². The fourth-order valence-electron chi connectivity index (χ4n) is 4.33. The highest BCUT2D eigenvalue weighted by molar-refractivity contribution is 7.80. The quantitative estimate of drug-likeness (QED) is 0.599. The summed E-state index contributed by atoms with van der Waals surface area (Å²) in [7, 11) is -4.78. The molecule has 3 amide bonds. The fourth-order valence-corrected chi connectivity index (χ4v) is 4.72. The first-order valence-corrected chi connectivity index (χ1v) is 11.0. The number of likely N-dealkylation sites (tertiary alicyclic amines) is 1. The lowest BCUT2D eigenvalue weighted by Crippen LogP contribution is -2.53. The number of carbonyl (C=O) groups is 2. The average molecular weight is 402 g/mol. The topological polar surface area (TPSA) is 119 Å². The van der Waals surface area contributed by atoms with E-state index in [0.717, 1.165) is 38.4 Å². The maximum absolute atomic E-state index is 12.7. The molecule has 0 aromatic heterocycles. The molecule has 3 heterocycles. The van der Waals surface area contributed by atoms with Crippen molar-refractivity contribution < 1.29 is 26.8 Å². The van der Waals surface area contributed by atoms with Gasteiger partial charge >= 0.3 is 16.4 Å². The van der Waals surface area contributed by atoms with E-state index >= 15 is 0 Å². The molecule has 0 aromatic carbocycles. The summed E-state index contributed by atoms with van der Waals surface area (Å²) in [6.45, 7) is 3.34. The Morgan fingerprint density at radius 3 is 2.48 bits per heavy atom. The minimum absolute atomic E-state index is 0.105. The Hall–Kier alpha value is -1.43. The number of hydrogen-bond acceptors (Lipinski definition) is 6. The summed E-state index contributed by atoms with van der Waals surface area (Å²) in [6.07, 6.45) is 5.35. The second-order valence-corrected chi connectivity index (χ2v) is 9.04. The smallest absolute Gasteiger partial charge is 0.351 e. The molecule has 4 aliphatic rings. The molecule has 11 heteroatoms. The van der Waals surface area contributed by atoms with Gasteiger partial charge in [0, 0.05) is 32.2 Å². The highest BCUT2D eigenvalue weighted by Gasteiger charge is 2.49. The second-order valence-electron chi connectivity index (χ2n) is 8.04. The van der Waals surface area contributed by atoms with E-state index in [1.54, 1.807) is 0 Å². The van der Waals surface area contributed by atoms with E-state index in [1.165, 1.54) is 17.7 Å². The molecule has 3 saturated heterocycles. The van der Waals surface area contributed by atoms with Gasteiger partial charge < -0.3 is 15.1 Å². The Bertz CT molecular complexity index is 704. The number of carbonyl (C=O) groups excluding carboxylic acids is 2. The maximum Gasteiger partial charge on any atom is 0.418 e. The third kappa shape index (κ3) is 4.36. The van der Waals surface area contributed by atoms with E-state index in [4.69, 9.17) is 4.55 Å². The van der Waals surface area contributed by atoms with Gasteiger partial charge in [0.15, 0.2) is 0 Å². The second kappa shape index (κ2) is 7.19. The number of rotatable bonds is 6. The first-order chi connectivity index (χ1) is 12.8. The van der Waals surface area contributed by atoms with Crippen molar-refractivity contribution >= 4 is 22.3 Å². The molecule has 27 heavy (non-hydrogen) atoms. The van der Waals surface area contributed by atoms with Gasteiger partial charge in [-0.2, -0.15) is 13.5 Å². The lowest BCUT2D eigenvalue weighted by molar-refractivity contribution is -0.127. The van der Waals surface area contributed by atoms with E-state index in [9.17, 15) is 18.0 Å². The predicted octanol–water partition coefficient (Wildman–Crippen LogP) is -0.0200. The van der Waals surface area contributed by atoms with Crippen molar-refractivity contribution in [1.29, 1.82) is 0 Å². The minimum atomic E-state index is -4.78. The molecular weight excluding hydrogens is 376 g/mol. The van der Waals surface area contributed by atoms with Crippen LogP contribution in [-0.4, -0.2) is 84.1 Å². The van der Waals surface area contributed by atoms with E-state index in [1.807, 2.05) is 0 Å². The van der Waals surface area contributed by atoms with Crippen molar-refractivity contribution in [2.75, 3.05) is 26.2 Å². The number of piperidine rings is 2. The van der Waals surface area contributed by atoms with Crippen LogP contribution in [0.4, 0.5) is 4.79 Å². The van der Waals surface area contributed by atoms with Crippen LogP contribution in [0.25, 0.3) is 0 Å². The summed E-state index contributed by atoms with van der Waals surface area (Å²) < 4.78 is 35.1. The molecular formula is C16H26N4O6S. The van der Waals surface area contributed by atoms with Crippen LogP contribution >= 0.6 is 0 Å². The Kier molecular flexibility index (Phi) is 5.04. The molecule has 0 spiro atoms. The van der Waals surface area contributed by atoms with E-state index in [0.29, 0.717) is 17.9 Å². The monoisotopic (exact) mass is 402 g/mol. The number of amides is 3. The largest absolute Gasteiger partial charge is 0.418 e. The first kappa shape index (κ1) is 18.9. The SMILES string of the molecule is O=C(NC1CCN(CC2CC2)CC1)[C@@H]1CC[C@@H]2CN1C(=O)N2OS(=O)(=O)O. The number of nitrogens with one attached hydrogen (secondary N) is 1. The Labute approximate surface area is 158 Å². The van der Waals surface area contributed by atoms with Crippen molar-refractivity contribution in [3.8, 4) is 0 Å². The van der Waals surface area contributed by atoms with E-state index in [2.05, 4.69) is 14.5 Å². The molecule has 152 valence electrons. The molecule has 0 aromatic rings. The molecule has 1 aliphatic carbocycles. The third-order valence-corrected chi connectivity index (χ3v) is 6.30. The van der Waals surface area contributed by atoms with Crippen LogP contribution in [0, 0.1) is 5.92 Å². The van der Waals surface area contributed by atoms with Crippen molar-refractivity contribution in [3.05, 3.63) is 0 Å². The lowest BCUT2D eigenvalue weighted by Gasteiger charge is -2.35. The molecule has 2 bridgehead atoms. The van der Waals surface area contributed by atoms with Crippen LogP contribution in [0.1, 0.15) is 38.5 Å². The predicted molar refractivity (Wildman–Crippen MR) is 93.7 cm³/mol. The Balaban J connectivity index is 1.30. The normalized spacial score (nSPS) is 30.0. The summed E-state index contributed by atoms with van der Waals surface area (Å²) in [4.78, 5) is 28.9. The molecule has 4 rings (SSSR count). The molecule has 2 atom stereocenters. The van der Waals surface area contributed by atoms with Gasteiger partial charge in [-0.3, -0.25) is 9.35 Å².